The number of carbonyl (C=O) groups excluding carboxylic acids is 1. The number of hydrogen-bond acceptors (Lipinski definition) is 5. The van der Waals surface area contributed by atoms with Gasteiger partial charge in [-0.2, -0.15) is 0 Å². The minimum absolute atomic E-state index is 0.146. The molecule has 0 fully saturated rings. The Labute approximate surface area is 189 Å². The van der Waals surface area contributed by atoms with E-state index in [-0.39, 0.29) is 6.10 Å². The van der Waals surface area contributed by atoms with E-state index in [0.717, 1.165) is 35.0 Å². The van der Waals surface area contributed by atoms with Crippen LogP contribution in [0.1, 0.15) is 25.8 Å². The van der Waals surface area contributed by atoms with Crippen LogP contribution in [-0.4, -0.2) is 25.4 Å². The molecule has 0 unspecified atom stereocenters. The summed E-state index contributed by atoms with van der Waals surface area (Å²) in [6.07, 6.45) is 0.168. The van der Waals surface area contributed by atoms with E-state index in [1.54, 1.807) is 0 Å². The lowest BCUT2D eigenvalue weighted by atomic mass is 10.2. The zero-order valence-electron chi connectivity index (χ0n) is 18.5. The summed E-state index contributed by atoms with van der Waals surface area (Å²) in [6, 6.07) is 24.8. The van der Waals surface area contributed by atoms with Gasteiger partial charge in [-0.15, -0.1) is 0 Å². The molecule has 0 spiro atoms. The predicted molar refractivity (Wildman–Crippen MR) is 123 cm³/mol. The molecular formula is C26H29NO5. The molecule has 0 radical (unpaired) electrons. The van der Waals surface area contributed by atoms with Gasteiger partial charge in [0.1, 0.15) is 23.0 Å². The molecule has 0 aliphatic carbocycles. The van der Waals surface area contributed by atoms with E-state index in [9.17, 15) is 4.79 Å². The van der Waals surface area contributed by atoms with Crippen LogP contribution in [0.5, 0.6) is 23.0 Å². The van der Waals surface area contributed by atoms with Gasteiger partial charge in [0.15, 0.2) is 0 Å². The molecule has 32 heavy (non-hydrogen) atoms. The largest absolute Gasteiger partial charge is 0.493 e. The minimum atomic E-state index is -0.428. The molecule has 3 aromatic rings. The Bertz CT molecular complexity index is 957. The molecule has 0 saturated heterocycles. The molecule has 3 aromatic carbocycles. The lowest BCUT2D eigenvalue weighted by Gasteiger charge is -2.11. The SMILES string of the molecule is CC(C)OC(=O)NCc1cccc(OCCCOc2ccc(Oc3ccccc3)cc2)c1. The third kappa shape index (κ3) is 8.22. The van der Waals surface area contributed by atoms with Crippen molar-refractivity contribution in [3.05, 3.63) is 84.4 Å². The predicted octanol–water partition coefficient (Wildman–Crippen LogP) is 5.96. The smallest absolute Gasteiger partial charge is 0.407 e. The van der Waals surface area contributed by atoms with Gasteiger partial charge >= 0.3 is 6.09 Å². The third-order valence-corrected chi connectivity index (χ3v) is 4.31. The number of benzene rings is 3. The highest BCUT2D eigenvalue weighted by Gasteiger charge is 2.05. The fourth-order valence-corrected chi connectivity index (χ4v) is 2.84. The molecule has 0 aliphatic rings. The molecule has 0 atom stereocenters. The quantitative estimate of drug-likeness (QED) is 0.376. The second-order valence-electron chi connectivity index (χ2n) is 7.39. The third-order valence-electron chi connectivity index (χ3n) is 4.31. The van der Waals surface area contributed by atoms with E-state index < -0.39 is 6.09 Å². The van der Waals surface area contributed by atoms with E-state index in [1.807, 2.05) is 92.7 Å². The van der Waals surface area contributed by atoms with Crippen molar-refractivity contribution in [3.63, 3.8) is 0 Å². The average molecular weight is 436 g/mol. The standard InChI is InChI=1S/C26H29NO5/c1-20(2)31-26(28)27-19-21-8-6-11-25(18-21)30-17-7-16-29-22-12-14-24(15-13-22)32-23-9-4-3-5-10-23/h3-6,8-15,18,20H,7,16-17,19H2,1-2H3,(H,27,28). The molecule has 6 heteroatoms. The van der Waals surface area contributed by atoms with E-state index in [1.165, 1.54) is 0 Å². The summed E-state index contributed by atoms with van der Waals surface area (Å²) in [5.74, 6) is 3.10. The summed E-state index contributed by atoms with van der Waals surface area (Å²) >= 11 is 0. The highest BCUT2D eigenvalue weighted by atomic mass is 16.6. The average Bonchev–Trinajstić information content (AvgIpc) is 2.79. The van der Waals surface area contributed by atoms with Crippen LogP contribution >= 0.6 is 0 Å². The van der Waals surface area contributed by atoms with Crippen LogP contribution in [0.25, 0.3) is 0 Å². The Morgan fingerprint density at radius 2 is 1.41 bits per heavy atom. The molecule has 0 saturated carbocycles. The van der Waals surface area contributed by atoms with Crippen molar-refractivity contribution in [2.75, 3.05) is 13.2 Å². The fourth-order valence-electron chi connectivity index (χ4n) is 2.84. The van der Waals surface area contributed by atoms with Gasteiger partial charge in [-0.05, 0) is 67.9 Å². The number of alkyl carbamates (subject to hydrolysis) is 1. The number of amides is 1. The van der Waals surface area contributed by atoms with Crippen LogP contribution in [0.4, 0.5) is 4.79 Å². The second kappa shape index (κ2) is 12.2. The van der Waals surface area contributed by atoms with Crippen LogP contribution in [0.15, 0.2) is 78.9 Å². The summed E-state index contributed by atoms with van der Waals surface area (Å²) in [4.78, 5) is 11.6. The lowest BCUT2D eigenvalue weighted by molar-refractivity contribution is 0.115. The maximum Gasteiger partial charge on any atom is 0.407 e. The Kier molecular flexibility index (Phi) is 8.80. The molecular weight excluding hydrogens is 406 g/mol. The van der Waals surface area contributed by atoms with E-state index >= 15 is 0 Å². The topological polar surface area (TPSA) is 66.0 Å². The first-order chi connectivity index (χ1) is 15.6. The molecule has 6 nitrogen and oxygen atoms in total. The monoisotopic (exact) mass is 435 g/mol. The first kappa shape index (κ1) is 23.0. The van der Waals surface area contributed by atoms with Gasteiger partial charge in [0.25, 0.3) is 0 Å². The molecule has 168 valence electrons. The van der Waals surface area contributed by atoms with Gasteiger partial charge in [-0.1, -0.05) is 30.3 Å². The number of ether oxygens (including phenoxy) is 4. The number of rotatable bonds is 11. The van der Waals surface area contributed by atoms with Crippen molar-refractivity contribution in [2.24, 2.45) is 0 Å². The maximum atomic E-state index is 11.6. The molecule has 0 aliphatic heterocycles. The summed E-state index contributed by atoms with van der Waals surface area (Å²) < 4.78 is 22.4. The molecule has 0 bridgehead atoms. The zero-order chi connectivity index (χ0) is 22.6. The van der Waals surface area contributed by atoms with Gasteiger partial charge in [-0.3, -0.25) is 0 Å². The summed E-state index contributed by atoms with van der Waals surface area (Å²) in [7, 11) is 0. The van der Waals surface area contributed by atoms with Crippen LogP contribution in [0.3, 0.4) is 0 Å². The van der Waals surface area contributed by atoms with Gasteiger partial charge < -0.3 is 24.3 Å². The molecule has 0 aromatic heterocycles. The molecule has 1 amide bonds. The Hall–Kier alpha value is -3.67. The Balaban J connectivity index is 1.34. The number of hydrogen-bond donors (Lipinski definition) is 1. The minimum Gasteiger partial charge on any atom is -0.493 e. The van der Waals surface area contributed by atoms with Crippen LogP contribution in [0.2, 0.25) is 0 Å². The van der Waals surface area contributed by atoms with Gasteiger partial charge in [0.2, 0.25) is 0 Å². The lowest BCUT2D eigenvalue weighted by Crippen LogP contribution is -2.26. The van der Waals surface area contributed by atoms with E-state index in [4.69, 9.17) is 18.9 Å². The second-order valence-corrected chi connectivity index (χ2v) is 7.39. The highest BCUT2D eigenvalue weighted by molar-refractivity contribution is 5.67. The van der Waals surface area contributed by atoms with E-state index in [2.05, 4.69) is 5.32 Å². The molecule has 1 N–H and O–H groups in total. The number of para-hydroxylation sites is 1. The Morgan fingerprint density at radius 1 is 0.781 bits per heavy atom. The van der Waals surface area contributed by atoms with Crippen molar-refractivity contribution in [1.82, 2.24) is 5.32 Å². The normalized spacial score (nSPS) is 10.5. The molecule has 0 heterocycles. The first-order valence-corrected chi connectivity index (χ1v) is 10.7. The summed E-state index contributed by atoms with van der Waals surface area (Å²) in [5, 5.41) is 2.72. The van der Waals surface area contributed by atoms with Crippen molar-refractivity contribution in [3.8, 4) is 23.0 Å². The van der Waals surface area contributed by atoms with Gasteiger partial charge in [0, 0.05) is 13.0 Å². The summed E-state index contributed by atoms with van der Waals surface area (Å²) in [5.41, 5.74) is 0.942. The highest BCUT2D eigenvalue weighted by Crippen LogP contribution is 2.23. The number of carbonyl (C=O) groups is 1. The van der Waals surface area contributed by atoms with Crippen molar-refractivity contribution in [1.29, 1.82) is 0 Å². The van der Waals surface area contributed by atoms with Gasteiger partial charge in [-0.25, -0.2) is 4.79 Å². The van der Waals surface area contributed by atoms with E-state index in [0.29, 0.717) is 19.8 Å². The first-order valence-electron chi connectivity index (χ1n) is 10.7. The van der Waals surface area contributed by atoms with Crippen LogP contribution in [0, 0.1) is 0 Å². The van der Waals surface area contributed by atoms with Crippen molar-refractivity contribution < 1.29 is 23.7 Å². The van der Waals surface area contributed by atoms with Crippen LogP contribution < -0.4 is 19.5 Å². The number of nitrogens with one attached hydrogen (secondary N) is 1. The fraction of sp³-hybridized carbons (Fsp3) is 0.269. The van der Waals surface area contributed by atoms with Crippen LogP contribution in [-0.2, 0) is 11.3 Å². The van der Waals surface area contributed by atoms with Crippen molar-refractivity contribution in [2.45, 2.75) is 32.9 Å². The zero-order valence-corrected chi connectivity index (χ0v) is 18.5. The Morgan fingerprint density at radius 3 is 2.12 bits per heavy atom. The molecule has 3 rings (SSSR count). The maximum absolute atomic E-state index is 11.6. The van der Waals surface area contributed by atoms with Gasteiger partial charge in [0.05, 0.1) is 19.3 Å². The van der Waals surface area contributed by atoms with Crippen molar-refractivity contribution >= 4 is 6.09 Å². The summed E-state index contributed by atoms with van der Waals surface area (Å²) in [6.45, 7) is 5.08.